The molecule has 21 heavy (non-hydrogen) atoms. The lowest BCUT2D eigenvalue weighted by Crippen LogP contribution is -2.13. The van der Waals surface area contributed by atoms with Gasteiger partial charge in [-0.05, 0) is 35.4 Å². The maximum absolute atomic E-state index is 5.74. The quantitative estimate of drug-likeness (QED) is 0.894. The molecule has 0 unspecified atom stereocenters. The maximum Gasteiger partial charge on any atom is 0.127 e. The second kappa shape index (κ2) is 6.50. The maximum atomic E-state index is 5.74. The van der Waals surface area contributed by atoms with Crippen molar-refractivity contribution in [3.63, 3.8) is 0 Å². The summed E-state index contributed by atoms with van der Waals surface area (Å²) < 4.78 is 12.0. The molecule has 0 saturated heterocycles. The fraction of sp³-hybridized carbons (Fsp3) is 0.294. The molecule has 3 nitrogen and oxygen atoms in total. The van der Waals surface area contributed by atoms with Crippen molar-refractivity contribution in [3.05, 3.63) is 57.6 Å². The Bertz CT molecular complexity index is 625. The molecule has 1 heterocycles. The van der Waals surface area contributed by atoms with Crippen LogP contribution in [-0.4, -0.2) is 13.7 Å². The third kappa shape index (κ3) is 3.39. The summed E-state index contributed by atoms with van der Waals surface area (Å²) in [6, 6.07) is 12.4. The number of halogens is 1. The van der Waals surface area contributed by atoms with Gasteiger partial charge in [-0.2, -0.15) is 0 Å². The monoisotopic (exact) mass is 347 g/mol. The van der Waals surface area contributed by atoms with E-state index < -0.39 is 0 Å². The van der Waals surface area contributed by atoms with Gasteiger partial charge in [-0.25, -0.2) is 0 Å². The third-order valence-electron chi connectivity index (χ3n) is 3.63. The topological polar surface area (TPSA) is 30.5 Å². The Hall–Kier alpha value is -1.52. The van der Waals surface area contributed by atoms with Crippen LogP contribution in [-0.2, 0) is 19.5 Å². The van der Waals surface area contributed by atoms with Gasteiger partial charge >= 0.3 is 0 Å². The van der Waals surface area contributed by atoms with E-state index in [4.69, 9.17) is 9.47 Å². The van der Waals surface area contributed by atoms with Gasteiger partial charge in [-0.3, -0.25) is 0 Å². The summed E-state index contributed by atoms with van der Waals surface area (Å²) in [6.45, 7) is 2.41. The van der Waals surface area contributed by atoms with Crippen LogP contribution < -0.4 is 14.8 Å². The summed E-state index contributed by atoms with van der Waals surface area (Å²) >= 11 is 3.57. The largest absolute Gasteiger partial charge is 0.497 e. The lowest BCUT2D eigenvalue weighted by Gasteiger charge is -2.10. The third-order valence-corrected chi connectivity index (χ3v) is 4.09. The SMILES string of the molecule is COc1ccc(CNCc2cc(Br)cc3c2OCC3)cc1. The molecule has 0 amide bonds. The lowest BCUT2D eigenvalue weighted by atomic mass is 10.1. The summed E-state index contributed by atoms with van der Waals surface area (Å²) in [7, 11) is 1.68. The minimum Gasteiger partial charge on any atom is -0.497 e. The Labute approximate surface area is 133 Å². The Balaban J connectivity index is 1.63. The van der Waals surface area contributed by atoms with Crippen molar-refractivity contribution in [2.45, 2.75) is 19.5 Å². The highest BCUT2D eigenvalue weighted by Gasteiger charge is 2.16. The Morgan fingerprint density at radius 3 is 2.76 bits per heavy atom. The second-order valence-electron chi connectivity index (χ2n) is 5.10. The highest BCUT2D eigenvalue weighted by Crippen LogP contribution is 2.32. The van der Waals surface area contributed by atoms with Crippen molar-refractivity contribution in [1.29, 1.82) is 0 Å². The van der Waals surface area contributed by atoms with Gasteiger partial charge in [0.05, 0.1) is 13.7 Å². The first-order chi connectivity index (χ1) is 10.3. The van der Waals surface area contributed by atoms with Crippen LogP contribution in [0.2, 0.25) is 0 Å². The highest BCUT2D eigenvalue weighted by molar-refractivity contribution is 9.10. The number of methoxy groups -OCH3 is 1. The zero-order valence-corrected chi connectivity index (χ0v) is 13.6. The molecule has 1 N–H and O–H groups in total. The van der Waals surface area contributed by atoms with E-state index in [1.165, 1.54) is 16.7 Å². The zero-order valence-electron chi connectivity index (χ0n) is 12.0. The number of hydrogen-bond acceptors (Lipinski definition) is 3. The van der Waals surface area contributed by atoms with E-state index >= 15 is 0 Å². The molecule has 0 aliphatic carbocycles. The molecule has 0 radical (unpaired) electrons. The fourth-order valence-corrected chi connectivity index (χ4v) is 3.11. The summed E-state index contributed by atoms with van der Waals surface area (Å²) in [5.74, 6) is 1.94. The molecule has 3 rings (SSSR count). The molecule has 0 spiro atoms. The Morgan fingerprint density at radius 1 is 1.19 bits per heavy atom. The highest BCUT2D eigenvalue weighted by atomic mass is 79.9. The summed E-state index contributed by atoms with van der Waals surface area (Å²) in [5.41, 5.74) is 3.75. The zero-order chi connectivity index (χ0) is 14.7. The first-order valence-corrected chi connectivity index (χ1v) is 7.83. The normalized spacial score (nSPS) is 12.9. The van der Waals surface area contributed by atoms with Gasteiger partial charge in [0.15, 0.2) is 0 Å². The summed E-state index contributed by atoms with van der Waals surface area (Å²) in [4.78, 5) is 0. The van der Waals surface area contributed by atoms with E-state index in [-0.39, 0.29) is 0 Å². The smallest absolute Gasteiger partial charge is 0.127 e. The number of rotatable bonds is 5. The Morgan fingerprint density at radius 2 is 2.00 bits per heavy atom. The molecule has 0 aromatic heterocycles. The number of benzene rings is 2. The first kappa shape index (κ1) is 14.4. The minimum atomic E-state index is 0.789. The number of nitrogens with one attached hydrogen (secondary N) is 1. The van der Waals surface area contributed by atoms with Crippen molar-refractivity contribution in [3.8, 4) is 11.5 Å². The predicted molar refractivity (Wildman–Crippen MR) is 86.9 cm³/mol. The lowest BCUT2D eigenvalue weighted by molar-refractivity contribution is 0.352. The summed E-state index contributed by atoms with van der Waals surface area (Å²) in [5, 5.41) is 3.47. The molecule has 110 valence electrons. The van der Waals surface area contributed by atoms with Crippen LogP contribution in [0.3, 0.4) is 0 Å². The molecule has 0 saturated carbocycles. The standard InChI is InChI=1S/C17H18BrNO2/c1-20-16-4-2-12(3-5-16)10-19-11-14-9-15(18)8-13-6-7-21-17(13)14/h2-5,8-9,19H,6-7,10-11H2,1H3. The van der Waals surface area contributed by atoms with Crippen LogP contribution in [0.15, 0.2) is 40.9 Å². The van der Waals surface area contributed by atoms with Crippen molar-refractivity contribution in [1.82, 2.24) is 5.32 Å². The average molecular weight is 348 g/mol. The van der Waals surface area contributed by atoms with E-state index in [1.54, 1.807) is 7.11 Å². The minimum absolute atomic E-state index is 0.789. The van der Waals surface area contributed by atoms with Crippen molar-refractivity contribution < 1.29 is 9.47 Å². The number of hydrogen-bond donors (Lipinski definition) is 1. The molecule has 0 fully saturated rings. The molecular weight excluding hydrogens is 330 g/mol. The molecule has 1 aliphatic rings. The van der Waals surface area contributed by atoms with Crippen LogP contribution in [0.25, 0.3) is 0 Å². The fourth-order valence-electron chi connectivity index (χ4n) is 2.56. The molecular formula is C17H18BrNO2. The van der Waals surface area contributed by atoms with Crippen LogP contribution in [0.4, 0.5) is 0 Å². The van der Waals surface area contributed by atoms with Gasteiger partial charge in [0, 0.05) is 29.5 Å². The van der Waals surface area contributed by atoms with Gasteiger partial charge in [0.1, 0.15) is 11.5 Å². The molecule has 1 aliphatic heterocycles. The van der Waals surface area contributed by atoms with Crippen LogP contribution in [0.1, 0.15) is 16.7 Å². The van der Waals surface area contributed by atoms with Gasteiger partial charge < -0.3 is 14.8 Å². The van der Waals surface area contributed by atoms with E-state index in [0.717, 1.165) is 42.1 Å². The van der Waals surface area contributed by atoms with Gasteiger partial charge in [-0.15, -0.1) is 0 Å². The number of ether oxygens (including phenoxy) is 2. The van der Waals surface area contributed by atoms with E-state index in [2.05, 4.69) is 45.5 Å². The van der Waals surface area contributed by atoms with Gasteiger partial charge in [-0.1, -0.05) is 28.1 Å². The number of fused-ring (bicyclic) bond motifs is 1. The van der Waals surface area contributed by atoms with E-state index in [1.807, 2.05) is 12.1 Å². The first-order valence-electron chi connectivity index (χ1n) is 7.04. The van der Waals surface area contributed by atoms with Crippen LogP contribution in [0.5, 0.6) is 11.5 Å². The molecule has 2 aromatic rings. The summed E-state index contributed by atoms with van der Waals surface area (Å²) in [6.07, 6.45) is 1.00. The van der Waals surface area contributed by atoms with Crippen molar-refractivity contribution in [2.24, 2.45) is 0 Å². The molecule has 2 aromatic carbocycles. The van der Waals surface area contributed by atoms with Crippen molar-refractivity contribution >= 4 is 15.9 Å². The van der Waals surface area contributed by atoms with Gasteiger partial charge in [0.25, 0.3) is 0 Å². The molecule has 0 atom stereocenters. The van der Waals surface area contributed by atoms with E-state index in [9.17, 15) is 0 Å². The molecule has 0 bridgehead atoms. The average Bonchev–Trinajstić information content (AvgIpc) is 2.96. The van der Waals surface area contributed by atoms with Crippen molar-refractivity contribution in [2.75, 3.05) is 13.7 Å². The van der Waals surface area contributed by atoms with Crippen LogP contribution in [0, 0.1) is 0 Å². The van der Waals surface area contributed by atoms with Gasteiger partial charge in [0.2, 0.25) is 0 Å². The van der Waals surface area contributed by atoms with Crippen LogP contribution >= 0.6 is 15.9 Å². The second-order valence-corrected chi connectivity index (χ2v) is 6.02. The molecule has 4 heteroatoms. The Kier molecular flexibility index (Phi) is 4.46. The predicted octanol–water partition coefficient (Wildman–Crippen LogP) is 3.68. The van der Waals surface area contributed by atoms with E-state index in [0.29, 0.717) is 0 Å².